The van der Waals surface area contributed by atoms with Crippen LogP contribution in [0.25, 0.3) is 0 Å². The number of hydrogen-bond acceptors (Lipinski definition) is 6. The van der Waals surface area contributed by atoms with E-state index in [0.29, 0.717) is 6.20 Å². The molecule has 0 aromatic carbocycles. The van der Waals surface area contributed by atoms with E-state index in [0.717, 1.165) is 0 Å². The molecule has 0 saturated heterocycles. The summed E-state index contributed by atoms with van der Waals surface area (Å²) in [4.78, 5) is 3.03. The third-order valence-electron chi connectivity index (χ3n) is 1.52. The molecular formula is C6H6F3N3O4S. The van der Waals surface area contributed by atoms with Crippen molar-refractivity contribution in [1.29, 1.82) is 0 Å². The van der Waals surface area contributed by atoms with Gasteiger partial charge in [0, 0.05) is 0 Å². The highest BCUT2D eigenvalue weighted by Crippen LogP contribution is 2.36. The van der Waals surface area contributed by atoms with Gasteiger partial charge < -0.3 is 15.6 Å². The van der Waals surface area contributed by atoms with E-state index in [4.69, 9.17) is 5.73 Å². The van der Waals surface area contributed by atoms with Gasteiger partial charge in [-0.3, -0.25) is 0 Å². The molecule has 0 aliphatic carbocycles. The van der Waals surface area contributed by atoms with E-state index < -0.39 is 38.6 Å². The Morgan fingerprint density at radius 1 is 1.41 bits per heavy atom. The Morgan fingerprint density at radius 2 is 1.94 bits per heavy atom. The highest BCUT2D eigenvalue weighted by Gasteiger charge is 2.33. The standard InChI is InChI=1S/C6H6F3N3O4S/c7-6(8,9)16-2-1-12-5(17(11,14)15)4(13)3(2)10/h1,13H,(H2,10,12)(H2,11,14,15). The predicted octanol–water partition coefficient (Wildman–Crippen LogP) is -0.0846. The summed E-state index contributed by atoms with van der Waals surface area (Å²) in [5.41, 5.74) is 4.12. The summed E-state index contributed by atoms with van der Waals surface area (Å²) in [5, 5.41) is 12.8. The molecule has 0 bridgehead atoms. The van der Waals surface area contributed by atoms with Crippen LogP contribution in [0.2, 0.25) is 0 Å². The van der Waals surface area contributed by atoms with E-state index in [1.54, 1.807) is 0 Å². The fourth-order valence-electron chi connectivity index (χ4n) is 0.894. The summed E-state index contributed by atoms with van der Waals surface area (Å²) in [6, 6.07) is 0. The van der Waals surface area contributed by atoms with Crippen molar-refractivity contribution in [2.75, 3.05) is 5.73 Å². The second kappa shape index (κ2) is 3.92. The largest absolute Gasteiger partial charge is 0.573 e. The van der Waals surface area contributed by atoms with Gasteiger partial charge in [-0.05, 0) is 0 Å². The van der Waals surface area contributed by atoms with Crippen molar-refractivity contribution in [2.24, 2.45) is 5.14 Å². The van der Waals surface area contributed by atoms with Crippen molar-refractivity contribution >= 4 is 15.7 Å². The predicted molar refractivity (Wildman–Crippen MR) is 48.4 cm³/mol. The van der Waals surface area contributed by atoms with Crippen LogP contribution in [-0.4, -0.2) is 24.9 Å². The first-order valence-corrected chi connectivity index (χ1v) is 5.33. The molecule has 1 heterocycles. The van der Waals surface area contributed by atoms with Crippen LogP contribution in [0.1, 0.15) is 0 Å². The molecule has 1 aromatic rings. The number of nitrogens with zero attached hydrogens (tertiary/aromatic N) is 1. The molecule has 1 aromatic heterocycles. The molecule has 17 heavy (non-hydrogen) atoms. The average molecular weight is 273 g/mol. The molecule has 0 radical (unpaired) electrons. The lowest BCUT2D eigenvalue weighted by molar-refractivity contribution is -0.274. The number of hydrogen-bond donors (Lipinski definition) is 3. The van der Waals surface area contributed by atoms with Gasteiger partial charge in [-0.25, -0.2) is 18.5 Å². The number of aromatic hydroxyl groups is 1. The van der Waals surface area contributed by atoms with Crippen molar-refractivity contribution in [3.05, 3.63) is 6.20 Å². The number of aromatic nitrogens is 1. The number of ether oxygens (including phenoxy) is 1. The molecule has 0 atom stereocenters. The summed E-state index contributed by atoms with van der Waals surface area (Å²) in [7, 11) is -4.39. The Hall–Kier alpha value is -1.75. The zero-order chi connectivity index (χ0) is 13.4. The third kappa shape index (κ3) is 3.10. The molecule has 0 spiro atoms. The number of pyridine rings is 1. The lowest BCUT2D eigenvalue weighted by Crippen LogP contribution is -2.19. The number of alkyl halides is 3. The molecule has 11 heteroatoms. The lowest BCUT2D eigenvalue weighted by Gasteiger charge is -2.12. The van der Waals surface area contributed by atoms with Gasteiger partial charge in [0.05, 0.1) is 6.20 Å². The Bertz CT molecular complexity index is 542. The average Bonchev–Trinajstić information content (AvgIpc) is 2.08. The van der Waals surface area contributed by atoms with Gasteiger partial charge in [0.15, 0.2) is 11.5 Å². The van der Waals surface area contributed by atoms with Crippen LogP contribution >= 0.6 is 0 Å². The number of rotatable bonds is 2. The van der Waals surface area contributed by atoms with Gasteiger partial charge in [0.1, 0.15) is 5.69 Å². The monoisotopic (exact) mass is 273 g/mol. The first kappa shape index (κ1) is 13.3. The zero-order valence-electron chi connectivity index (χ0n) is 7.89. The van der Waals surface area contributed by atoms with E-state index in [-0.39, 0.29) is 0 Å². The van der Waals surface area contributed by atoms with E-state index in [9.17, 15) is 26.7 Å². The minimum Gasteiger partial charge on any atom is -0.503 e. The topological polar surface area (TPSA) is 129 Å². The highest BCUT2D eigenvalue weighted by atomic mass is 32.2. The second-order valence-electron chi connectivity index (χ2n) is 2.78. The van der Waals surface area contributed by atoms with Crippen LogP contribution < -0.4 is 15.6 Å². The van der Waals surface area contributed by atoms with Crippen LogP contribution in [0.15, 0.2) is 11.2 Å². The Balaban J connectivity index is 3.30. The van der Waals surface area contributed by atoms with Crippen LogP contribution in [0.4, 0.5) is 18.9 Å². The van der Waals surface area contributed by atoms with Crippen molar-refractivity contribution in [3.63, 3.8) is 0 Å². The van der Waals surface area contributed by atoms with Crippen molar-refractivity contribution in [3.8, 4) is 11.5 Å². The zero-order valence-corrected chi connectivity index (χ0v) is 8.71. The molecule has 0 unspecified atom stereocenters. The van der Waals surface area contributed by atoms with Crippen LogP contribution in [0.3, 0.4) is 0 Å². The smallest absolute Gasteiger partial charge is 0.503 e. The Kier molecular flexibility index (Phi) is 3.07. The molecule has 0 amide bonds. The molecule has 96 valence electrons. The molecular weight excluding hydrogens is 267 g/mol. The second-order valence-corrected chi connectivity index (χ2v) is 4.26. The van der Waals surface area contributed by atoms with Crippen molar-refractivity contribution in [1.82, 2.24) is 4.98 Å². The van der Waals surface area contributed by atoms with E-state index in [2.05, 4.69) is 14.9 Å². The third-order valence-corrected chi connectivity index (χ3v) is 2.36. The van der Waals surface area contributed by atoms with E-state index in [1.807, 2.05) is 0 Å². The van der Waals surface area contributed by atoms with Gasteiger partial charge in [-0.1, -0.05) is 0 Å². The summed E-state index contributed by atoms with van der Waals surface area (Å²) in [5.74, 6) is -2.23. The van der Waals surface area contributed by atoms with Crippen LogP contribution in [0, 0.1) is 0 Å². The number of nitrogen functional groups attached to an aromatic ring is 1. The number of nitrogens with two attached hydrogens (primary N) is 2. The fourth-order valence-corrected chi connectivity index (χ4v) is 1.47. The van der Waals surface area contributed by atoms with Crippen LogP contribution in [0.5, 0.6) is 11.5 Å². The SMILES string of the molecule is Nc1c(OC(F)(F)F)cnc(S(N)(=O)=O)c1O. The van der Waals surface area contributed by atoms with Gasteiger partial charge in [0.2, 0.25) is 5.03 Å². The van der Waals surface area contributed by atoms with Gasteiger partial charge in [-0.2, -0.15) is 0 Å². The van der Waals surface area contributed by atoms with Gasteiger partial charge in [0.25, 0.3) is 10.0 Å². The minimum absolute atomic E-state index is 0.391. The summed E-state index contributed by atoms with van der Waals surface area (Å²) < 4.78 is 60.6. The van der Waals surface area contributed by atoms with Crippen molar-refractivity contribution in [2.45, 2.75) is 11.4 Å². The number of primary sulfonamides is 1. The number of sulfonamides is 1. The molecule has 1 rings (SSSR count). The molecule has 0 fully saturated rings. The normalized spacial score (nSPS) is 12.5. The lowest BCUT2D eigenvalue weighted by atomic mass is 10.3. The maximum Gasteiger partial charge on any atom is 0.573 e. The maximum absolute atomic E-state index is 11.9. The first-order chi connectivity index (χ1) is 7.52. The summed E-state index contributed by atoms with van der Waals surface area (Å²) in [6.45, 7) is 0. The maximum atomic E-state index is 11.9. The molecule has 0 saturated carbocycles. The van der Waals surface area contributed by atoms with E-state index >= 15 is 0 Å². The highest BCUT2D eigenvalue weighted by molar-refractivity contribution is 7.89. The Labute approximate surface area is 92.9 Å². The molecule has 0 aliphatic heterocycles. The van der Waals surface area contributed by atoms with Gasteiger partial charge >= 0.3 is 6.36 Å². The first-order valence-electron chi connectivity index (χ1n) is 3.78. The van der Waals surface area contributed by atoms with Gasteiger partial charge in [-0.15, -0.1) is 13.2 Å². The minimum atomic E-state index is -5.05. The number of halogens is 3. The summed E-state index contributed by atoms with van der Waals surface area (Å²) >= 11 is 0. The van der Waals surface area contributed by atoms with Crippen LogP contribution in [-0.2, 0) is 10.0 Å². The fraction of sp³-hybridized carbons (Fsp3) is 0.167. The quantitative estimate of drug-likeness (QED) is 0.691. The summed E-state index contributed by atoms with van der Waals surface area (Å²) in [6.07, 6.45) is -4.66. The van der Waals surface area contributed by atoms with Crippen molar-refractivity contribution < 1.29 is 31.4 Å². The Morgan fingerprint density at radius 3 is 2.35 bits per heavy atom. The molecule has 7 nitrogen and oxygen atoms in total. The molecule has 5 N–H and O–H groups in total. The molecule has 0 aliphatic rings. The number of anilines is 1. The van der Waals surface area contributed by atoms with E-state index in [1.165, 1.54) is 0 Å².